The van der Waals surface area contributed by atoms with Crippen LogP contribution in [0.15, 0.2) is 46.1 Å². The van der Waals surface area contributed by atoms with Crippen LogP contribution in [0.3, 0.4) is 0 Å². The van der Waals surface area contributed by atoms with Crippen LogP contribution in [0, 0.1) is 6.92 Å². The molecule has 0 aliphatic heterocycles. The molecule has 1 heterocycles. The van der Waals surface area contributed by atoms with E-state index in [2.05, 4.69) is 9.84 Å². The van der Waals surface area contributed by atoms with E-state index < -0.39 is 39.0 Å². The second-order valence-electron chi connectivity index (χ2n) is 6.31. The van der Waals surface area contributed by atoms with Gasteiger partial charge in [-0.1, -0.05) is 6.07 Å². The molecule has 0 bridgehead atoms. The van der Waals surface area contributed by atoms with E-state index in [1.807, 2.05) is 0 Å². The fraction of sp³-hybridized carbons (Fsp3) is 0.167. The minimum atomic E-state index is -4.90. The first-order valence-corrected chi connectivity index (χ1v) is 10.0. The zero-order valence-corrected chi connectivity index (χ0v) is 16.2. The quantitative estimate of drug-likeness (QED) is 0.661. The number of benzene rings is 2. The van der Waals surface area contributed by atoms with Gasteiger partial charge in [0.1, 0.15) is 5.75 Å². The van der Waals surface area contributed by atoms with Gasteiger partial charge in [0.2, 0.25) is 11.1 Å². The molecule has 0 amide bonds. The number of sulfone groups is 1. The van der Waals surface area contributed by atoms with E-state index in [1.165, 1.54) is 19.1 Å². The Bertz CT molecular complexity index is 1330. The second kappa shape index (κ2) is 7.13. The maximum atomic E-state index is 12.7. The van der Waals surface area contributed by atoms with E-state index in [0.29, 0.717) is 0 Å². The summed E-state index contributed by atoms with van der Waals surface area (Å²) in [4.78, 5) is 23.9. The summed E-state index contributed by atoms with van der Waals surface area (Å²) in [7, 11) is -3.93. The second-order valence-corrected chi connectivity index (χ2v) is 8.27. The SMILES string of the molecule is Cc1ccc2c(c1S(C)(=O)=O)c(=O)c(C(=O)O)nn2-c1ccc(OC(F)(F)F)cc1. The number of rotatable bonds is 4. The minimum Gasteiger partial charge on any atom is -0.476 e. The number of aromatic carboxylic acids is 1. The summed E-state index contributed by atoms with van der Waals surface area (Å²) in [5.74, 6) is -2.21. The minimum absolute atomic E-state index is 0.0273. The van der Waals surface area contributed by atoms with Crippen LogP contribution in [0.5, 0.6) is 5.75 Å². The van der Waals surface area contributed by atoms with E-state index in [4.69, 9.17) is 0 Å². The highest BCUT2D eigenvalue weighted by Gasteiger charge is 2.31. The van der Waals surface area contributed by atoms with Crippen molar-refractivity contribution < 1.29 is 36.2 Å². The van der Waals surface area contributed by atoms with Gasteiger partial charge in [0.25, 0.3) is 0 Å². The fourth-order valence-corrected chi connectivity index (χ4v) is 4.21. The summed E-state index contributed by atoms with van der Waals surface area (Å²) < 4.78 is 66.4. The van der Waals surface area contributed by atoms with Crippen molar-refractivity contribution in [2.24, 2.45) is 0 Å². The molecule has 0 radical (unpaired) electrons. The molecule has 0 spiro atoms. The molecule has 0 unspecified atom stereocenters. The largest absolute Gasteiger partial charge is 0.573 e. The lowest BCUT2D eigenvalue weighted by atomic mass is 10.1. The Labute approximate surface area is 167 Å². The van der Waals surface area contributed by atoms with Gasteiger partial charge >= 0.3 is 12.3 Å². The molecule has 158 valence electrons. The molecule has 2 aromatic carbocycles. The number of carbonyl (C=O) groups is 1. The molecule has 30 heavy (non-hydrogen) atoms. The first kappa shape index (κ1) is 21.3. The molecule has 12 heteroatoms. The predicted molar refractivity (Wildman–Crippen MR) is 98.8 cm³/mol. The number of hydrogen-bond acceptors (Lipinski definition) is 6. The van der Waals surface area contributed by atoms with Crippen LogP contribution < -0.4 is 10.2 Å². The van der Waals surface area contributed by atoms with Crippen molar-refractivity contribution >= 4 is 26.7 Å². The summed E-state index contributed by atoms with van der Waals surface area (Å²) in [6.45, 7) is 1.45. The van der Waals surface area contributed by atoms with Gasteiger partial charge in [0, 0.05) is 6.26 Å². The van der Waals surface area contributed by atoms with Crippen LogP contribution in [0.4, 0.5) is 13.2 Å². The average Bonchev–Trinajstić information content (AvgIpc) is 2.60. The third-order valence-electron chi connectivity index (χ3n) is 4.09. The molecular weight excluding hydrogens is 429 g/mol. The lowest BCUT2D eigenvalue weighted by Crippen LogP contribution is -2.24. The third-order valence-corrected chi connectivity index (χ3v) is 5.36. The average molecular weight is 442 g/mol. The molecule has 0 aliphatic rings. The lowest BCUT2D eigenvalue weighted by molar-refractivity contribution is -0.274. The summed E-state index contributed by atoms with van der Waals surface area (Å²) >= 11 is 0. The van der Waals surface area contributed by atoms with Crippen LogP contribution >= 0.6 is 0 Å². The number of carboxylic acid groups (broad SMARTS) is 1. The van der Waals surface area contributed by atoms with Gasteiger partial charge in [-0.25, -0.2) is 17.9 Å². The summed E-state index contributed by atoms with van der Waals surface area (Å²) in [6, 6.07) is 7.05. The maximum Gasteiger partial charge on any atom is 0.573 e. The number of fused-ring (bicyclic) bond motifs is 1. The zero-order valence-electron chi connectivity index (χ0n) is 15.4. The van der Waals surface area contributed by atoms with Crippen LogP contribution in [0.1, 0.15) is 16.1 Å². The molecule has 0 saturated heterocycles. The van der Waals surface area contributed by atoms with E-state index >= 15 is 0 Å². The van der Waals surface area contributed by atoms with Crippen LogP contribution in [-0.4, -0.2) is 41.9 Å². The number of ether oxygens (including phenoxy) is 1. The zero-order chi connectivity index (χ0) is 22.4. The molecule has 0 aliphatic carbocycles. The Morgan fingerprint density at radius 2 is 1.73 bits per heavy atom. The monoisotopic (exact) mass is 442 g/mol. The van der Waals surface area contributed by atoms with Crippen molar-refractivity contribution in [1.29, 1.82) is 0 Å². The molecule has 1 N–H and O–H groups in total. The molecule has 0 fully saturated rings. The highest BCUT2D eigenvalue weighted by Crippen LogP contribution is 2.27. The molecule has 3 aromatic rings. The fourth-order valence-electron chi connectivity index (χ4n) is 2.99. The Morgan fingerprint density at radius 1 is 1.13 bits per heavy atom. The number of aryl methyl sites for hydroxylation is 1. The first-order valence-electron chi connectivity index (χ1n) is 8.16. The van der Waals surface area contributed by atoms with Gasteiger partial charge in [0.05, 0.1) is 21.5 Å². The topological polar surface area (TPSA) is 116 Å². The van der Waals surface area contributed by atoms with Gasteiger partial charge < -0.3 is 9.84 Å². The Hall–Kier alpha value is -3.41. The van der Waals surface area contributed by atoms with Crippen LogP contribution in [0.25, 0.3) is 16.6 Å². The smallest absolute Gasteiger partial charge is 0.476 e. The van der Waals surface area contributed by atoms with Crippen LogP contribution in [0.2, 0.25) is 0 Å². The van der Waals surface area contributed by atoms with Gasteiger partial charge in [-0.2, -0.15) is 5.10 Å². The Morgan fingerprint density at radius 3 is 2.23 bits per heavy atom. The number of carboxylic acids is 1. The molecular formula is C18H13F3N2O6S. The molecule has 0 saturated carbocycles. The summed E-state index contributed by atoms with van der Waals surface area (Å²) in [6.07, 6.45) is -4.02. The molecule has 3 rings (SSSR count). The van der Waals surface area contributed by atoms with E-state index in [1.54, 1.807) is 0 Å². The van der Waals surface area contributed by atoms with Gasteiger partial charge in [-0.3, -0.25) is 4.79 Å². The van der Waals surface area contributed by atoms with E-state index in [-0.39, 0.29) is 27.0 Å². The van der Waals surface area contributed by atoms with Crippen molar-refractivity contribution in [3.05, 3.63) is 57.9 Å². The van der Waals surface area contributed by atoms with Gasteiger partial charge in [-0.15, -0.1) is 13.2 Å². The van der Waals surface area contributed by atoms with Gasteiger partial charge in [0.15, 0.2) is 9.84 Å². The van der Waals surface area contributed by atoms with Crippen LogP contribution in [-0.2, 0) is 9.84 Å². The summed E-state index contributed by atoms with van der Waals surface area (Å²) in [5.41, 5.74) is -1.74. The van der Waals surface area contributed by atoms with Crippen molar-refractivity contribution in [3.8, 4) is 11.4 Å². The lowest BCUT2D eigenvalue weighted by Gasteiger charge is -2.15. The maximum absolute atomic E-state index is 12.7. The number of aromatic nitrogens is 2. The van der Waals surface area contributed by atoms with E-state index in [0.717, 1.165) is 35.2 Å². The van der Waals surface area contributed by atoms with E-state index in [9.17, 15) is 36.3 Å². The standard InChI is InChI=1S/C18H13F3N2O6S/c1-9-3-8-12-13(16(9)30(2,27)28)15(24)14(17(25)26)22-23(12)10-4-6-11(7-5-10)29-18(19,20)21/h3-8H,1-2H3,(H,25,26). The van der Waals surface area contributed by atoms with Gasteiger partial charge in [-0.05, 0) is 42.8 Å². The number of nitrogens with zero attached hydrogens (tertiary/aromatic N) is 2. The number of halogens is 3. The molecule has 8 nitrogen and oxygen atoms in total. The number of alkyl halides is 3. The van der Waals surface area contributed by atoms with Crippen molar-refractivity contribution in [2.75, 3.05) is 6.26 Å². The first-order chi connectivity index (χ1) is 13.8. The number of hydrogen-bond donors (Lipinski definition) is 1. The molecule has 1 aromatic heterocycles. The Kier molecular flexibility index (Phi) is 5.06. The Balaban J connectivity index is 2.37. The normalized spacial score (nSPS) is 12.2. The predicted octanol–water partition coefficient (Wildman–Crippen LogP) is 2.69. The highest BCUT2D eigenvalue weighted by molar-refractivity contribution is 7.91. The highest BCUT2D eigenvalue weighted by atomic mass is 32.2. The van der Waals surface area contributed by atoms with Crippen molar-refractivity contribution in [2.45, 2.75) is 18.2 Å². The third kappa shape index (κ3) is 3.99. The van der Waals surface area contributed by atoms with Crippen molar-refractivity contribution in [3.63, 3.8) is 0 Å². The van der Waals surface area contributed by atoms with Crippen molar-refractivity contribution in [1.82, 2.24) is 9.78 Å². The molecule has 0 atom stereocenters. The summed E-state index contributed by atoms with van der Waals surface area (Å²) in [5, 5.41) is 12.8.